The largest absolute Gasteiger partial charge is 0.342 e. The van der Waals surface area contributed by atoms with Crippen molar-refractivity contribution < 1.29 is 9.59 Å². The predicted octanol–water partition coefficient (Wildman–Crippen LogP) is -0.357. The van der Waals surface area contributed by atoms with Crippen LogP contribution in [0.3, 0.4) is 0 Å². The second-order valence-electron chi connectivity index (χ2n) is 3.61. The van der Waals surface area contributed by atoms with Crippen LogP contribution in [0.15, 0.2) is 0 Å². The maximum absolute atomic E-state index is 11.5. The summed E-state index contributed by atoms with van der Waals surface area (Å²) in [4.78, 5) is 24.1. The zero-order chi connectivity index (χ0) is 9.84. The standard InChI is InChI=1S/C9H16N2O2/c1-11(2)9(13)8(12)7-4-3-5-10-6-7/h7,10H,3-6H2,1-2H3. The van der Waals surface area contributed by atoms with Gasteiger partial charge in [0.15, 0.2) is 0 Å². The summed E-state index contributed by atoms with van der Waals surface area (Å²) in [7, 11) is 3.22. The fraction of sp³-hybridized carbons (Fsp3) is 0.778. The summed E-state index contributed by atoms with van der Waals surface area (Å²) < 4.78 is 0. The van der Waals surface area contributed by atoms with Crippen LogP contribution in [0.4, 0.5) is 0 Å². The van der Waals surface area contributed by atoms with Crippen LogP contribution in [0.1, 0.15) is 12.8 Å². The van der Waals surface area contributed by atoms with E-state index in [1.807, 2.05) is 0 Å². The Morgan fingerprint density at radius 2 is 2.08 bits per heavy atom. The molecular formula is C9H16N2O2. The van der Waals surface area contributed by atoms with Crippen LogP contribution in [0, 0.1) is 5.92 Å². The van der Waals surface area contributed by atoms with Crippen molar-refractivity contribution >= 4 is 11.7 Å². The van der Waals surface area contributed by atoms with Crippen LogP contribution < -0.4 is 5.32 Å². The Morgan fingerprint density at radius 1 is 1.38 bits per heavy atom. The third kappa shape index (κ3) is 2.52. The third-order valence-electron chi connectivity index (χ3n) is 2.28. The number of hydrogen-bond donors (Lipinski definition) is 1. The zero-order valence-electron chi connectivity index (χ0n) is 8.17. The first-order valence-electron chi connectivity index (χ1n) is 4.59. The Hall–Kier alpha value is -0.900. The van der Waals surface area contributed by atoms with E-state index in [1.165, 1.54) is 4.90 Å². The second-order valence-corrected chi connectivity index (χ2v) is 3.61. The minimum absolute atomic E-state index is 0.108. The van der Waals surface area contributed by atoms with E-state index in [4.69, 9.17) is 0 Å². The van der Waals surface area contributed by atoms with Crippen molar-refractivity contribution in [3.8, 4) is 0 Å². The van der Waals surface area contributed by atoms with Crippen LogP contribution in [0.5, 0.6) is 0 Å². The summed E-state index contributed by atoms with van der Waals surface area (Å²) in [5.41, 5.74) is 0. The Morgan fingerprint density at radius 3 is 2.54 bits per heavy atom. The molecule has 1 atom stereocenters. The lowest BCUT2D eigenvalue weighted by Gasteiger charge is -2.22. The summed E-state index contributed by atoms with van der Waals surface area (Å²) >= 11 is 0. The SMILES string of the molecule is CN(C)C(=O)C(=O)C1CCCNC1. The highest BCUT2D eigenvalue weighted by Gasteiger charge is 2.27. The molecule has 0 aromatic carbocycles. The first-order valence-corrected chi connectivity index (χ1v) is 4.59. The number of Topliss-reactive ketones (excluding diaryl/α,β-unsaturated/α-hetero) is 1. The highest BCUT2D eigenvalue weighted by atomic mass is 16.2. The van der Waals surface area contributed by atoms with Crippen molar-refractivity contribution in [3.05, 3.63) is 0 Å². The van der Waals surface area contributed by atoms with Gasteiger partial charge in [-0.2, -0.15) is 0 Å². The lowest BCUT2D eigenvalue weighted by atomic mass is 9.94. The van der Waals surface area contributed by atoms with Gasteiger partial charge in [-0.25, -0.2) is 0 Å². The minimum Gasteiger partial charge on any atom is -0.342 e. The van der Waals surface area contributed by atoms with E-state index in [9.17, 15) is 9.59 Å². The molecule has 13 heavy (non-hydrogen) atoms. The van der Waals surface area contributed by atoms with Gasteiger partial charge in [-0.3, -0.25) is 9.59 Å². The van der Waals surface area contributed by atoms with Gasteiger partial charge in [-0.15, -0.1) is 0 Å². The Balaban J connectivity index is 2.50. The fourth-order valence-electron chi connectivity index (χ4n) is 1.47. The first-order chi connectivity index (χ1) is 6.13. The van der Waals surface area contributed by atoms with E-state index in [-0.39, 0.29) is 17.6 Å². The zero-order valence-corrected chi connectivity index (χ0v) is 8.17. The molecule has 1 unspecified atom stereocenters. The molecule has 1 saturated heterocycles. The number of carbonyl (C=O) groups is 2. The number of likely N-dealkylation sites (N-methyl/N-ethyl adjacent to an activating group) is 1. The molecule has 4 nitrogen and oxygen atoms in total. The van der Waals surface area contributed by atoms with Crippen LogP contribution >= 0.6 is 0 Å². The number of hydrogen-bond acceptors (Lipinski definition) is 3. The number of nitrogens with one attached hydrogen (secondary N) is 1. The molecule has 0 aliphatic carbocycles. The maximum atomic E-state index is 11.5. The van der Waals surface area contributed by atoms with Gasteiger partial charge < -0.3 is 10.2 Å². The highest BCUT2D eigenvalue weighted by Crippen LogP contribution is 2.11. The van der Waals surface area contributed by atoms with Crippen LogP contribution in [-0.2, 0) is 9.59 Å². The smallest absolute Gasteiger partial charge is 0.289 e. The van der Waals surface area contributed by atoms with Gasteiger partial charge in [0, 0.05) is 26.6 Å². The molecule has 0 aromatic rings. The molecule has 74 valence electrons. The van der Waals surface area contributed by atoms with Gasteiger partial charge in [-0.1, -0.05) is 0 Å². The van der Waals surface area contributed by atoms with Gasteiger partial charge in [-0.05, 0) is 19.4 Å². The molecule has 0 radical (unpaired) electrons. The summed E-state index contributed by atoms with van der Waals surface area (Å²) in [6.45, 7) is 1.61. The van der Waals surface area contributed by atoms with E-state index in [0.717, 1.165) is 19.4 Å². The van der Waals surface area contributed by atoms with E-state index in [2.05, 4.69) is 5.32 Å². The highest BCUT2D eigenvalue weighted by molar-refractivity contribution is 6.36. The molecule has 1 rings (SSSR count). The molecule has 1 amide bonds. The van der Waals surface area contributed by atoms with Crippen molar-refractivity contribution in [1.82, 2.24) is 10.2 Å². The Kier molecular flexibility index (Phi) is 3.42. The topological polar surface area (TPSA) is 49.4 Å². The minimum atomic E-state index is -0.381. The van der Waals surface area contributed by atoms with Gasteiger partial charge >= 0.3 is 0 Å². The molecule has 4 heteroatoms. The number of nitrogens with zero attached hydrogens (tertiary/aromatic N) is 1. The third-order valence-corrected chi connectivity index (χ3v) is 2.28. The molecule has 1 aliphatic rings. The van der Waals surface area contributed by atoms with Gasteiger partial charge in [0.2, 0.25) is 5.78 Å². The van der Waals surface area contributed by atoms with E-state index >= 15 is 0 Å². The second kappa shape index (κ2) is 4.37. The normalized spacial score (nSPS) is 22.5. The lowest BCUT2D eigenvalue weighted by molar-refractivity contribution is -0.145. The molecule has 1 N–H and O–H groups in total. The maximum Gasteiger partial charge on any atom is 0.289 e. The summed E-state index contributed by atoms with van der Waals surface area (Å²) in [5, 5.41) is 3.12. The molecule has 0 bridgehead atoms. The van der Waals surface area contributed by atoms with Crippen molar-refractivity contribution in [2.45, 2.75) is 12.8 Å². The van der Waals surface area contributed by atoms with Crippen LogP contribution in [-0.4, -0.2) is 43.8 Å². The molecule has 0 spiro atoms. The van der Waals surface area contributed by atoms with Crippen molar-refractivity contribution in [3.63, 3.8) is 0 Å². The number of piperidine rings is 1. The molecular weight excluding hydrogens is 168 g/mol. The van der Waals surface area contributed by atoms with E-state index in [0.29, 0.717) is 6.54 Å². The van der Waals surface area contributed by atoms with Crippen LogP contribution in [0.2, 0.25) is 0 Å². The number of rotatable bonds is 2. The average Bonchev–Trinajstić information content (AvgIpc) is 2.17. The molecule has 0 saturated carbocycles. The Labute approximate surface area is 78.3 Å². The first kappa shape index (κ1) is 10.2. The van der Waals surface area contributed by atoms with Gasteiger partial charge in [0.1, 0.15) is 0 Å². The predicted molar refractivity (Wildman–Crippen MR) is 49.3 cm³/mol. The Bertz CT molecular complexity index is 208. The number of carbonyl (C=O) groups excluding carboxylic acids is 2. The lowest BCUT2D eigenvalue weighted by Crippen LogP contribution is -2.41. The monoisotopic (exact) mass is 184 g/mol. The molecule has 0 aromatic heterocycles. The quantitative estimate of drug-likeness (QED) is 0.596. The van der Waals surface area contributed by atoms with E-state index < -0.39 is 0 Å². The summed E-state index contributed by atoms with van der Waals surface area (Å²) in [6.07, 6.45) is 1.82. The van der Waals surface area contributed by atoms with Crippen molar-refractivity contribution in [1.29, 1.82) is 0 Å². The van der Waals surface area contributed by atoms with Crippen molar-refractivity contribution in [2.24, 2.45) is 5.92 Å². The number of ketones is 1. The van der Waals surface area contributed by atoms with Crippen LogP contribution in [0.25, 0.3) is 0 Å². The molecule has 1 fully saturated rings. The van der Waals surface area contributed by atoms with Crippen molar-refractivity contribution in [2.75, 3.05) is 27.2 Å². The van der Waals surface area contributed by atoms with Gasteiger partial charge in [0.25, 0.3) is 5.91 Å². The molecule has 1 heterocycles. The van der Waals surface area contributed by atoms with Gasteiger partial charge in [0.05, 0.1) is 0 Å². The number of amides is 1. The van der Waals surface area contributed by atoms with E-state index in [1.54, 1.807) is 14.1 Å². The fourth-order valence-corrected chi connectivity index (χ4v) is 1.47. The summed E-state index contributed by atoms with van der Waals surface area (Å²) in [6, 6.07) is 0. The molecule has 1 aliphatic heterocycles. The average molecular weight is 184 g/mol. The summed E-state index contributed by atoms with van der Waals surface area (Å²) in [5.74, 6) is -0.741.